The van der Waals surface area contributed by atoms with Crippen LogP contribution >= 0.6 is 0 Å². The summed E-state index contributed by atoms with van der Waals surface area (Å²) in [5, 5.41) is 19.9. The maximum absolute atomic E-state index is 12.6. The summed E-state index contributed by atoms with van der Waals surface area (Å²) in [7, 11) is 1.37. The third-order valence-electron chi connectivity index (χ3n) is 3.80. The van der Waals surface area contributed by atoms with E-state index >= 15 is 0 Å². The van der Waals surface area contributed by atoms with E-state index in [1.807, 2.05) is 0 Å². The highest BCUT2D eigenvalue weighted by molar-refractivity contribution is 6.30. The molecule has 0 heterocycles. The third kappa shape index (κ3) is 2.07. The van der Waals surface area contributed by atoms with E-state index in [1.54, 1.807) is 0 Å². The number of carbonyl (C=O) groups is 3. The van der Waals surface area contributed by atoms with Crippen molar-refractivity contribution in [2.75, 3.05) is 7.11 Å². The molecule has 0 atom stereocenters. The van der Waals surface area contributed by atoms with Gasteiger partial charge in [-0.2, -0.15) is 0 Å². The van der Waals surface area contributed by atoms with Crippen LogP contribution < -0.4 is 4.74 Å². The molecule has 0 fully saturated rings. The van der Waals surface area contributed by atoms with E-state index in [4.69, 9.17) is 4.74 Å². The molecule has 6 nitrogen and oxygen atoms in total. The first-order chi connectivity index (χ1) is 10.8. The van der Waals surface area contributed by atoms with Crippen molar-refractivity contribution in [2.24, 2.45) is 0 Å². The number of phenols is 2. The van der Waals surface area contributed by atoms with Gasteiger partial charge in [-0.1, -0.05) is 0 Å². The van der Waals surface area contributed by atoms with Gasteiger partial charge in [0, 0.05) is 22.8 Å². The van der Waals surface area contributed by atoms with Crippen molar-refractivity contribution in [3.05, 3.63) is 52.1 Å². The monoisotopic (exact) mass is 312 g/mol. The fourth-order valence-corrected chi connectivity index (χ4v) is 2.66. The van der Waals surface area contributed by atoms with Gasteiger partial charge in [-0.3, -0.25) is 14.4 Å². The van der Waals surface area contributed by atoms with Crippen molar-refractivity contribution in [1.82, 2.24) is 0 Å². The van der Waals surface area contributed by atoms with Gasteiger partial charge in [-0.15, -0.1) is 0 Å². The molecule has 0 aliphatic heterocycles. The Morgan fingerprint density at radius 1 is 0.913 bits per heavy atom. The van der Waals surface area contributed by atoms with E-state index in [-0.39, 0.29) is 45.1 Å². The van der Waals surface area contributed by atoms with Crippen molar-refractivity contribution in [1.29, 1.82) is 0 Å². The number of aromatic hydroxyl groups is 2. The van der Waals surface area contributed by atoms with Crippen molar-refractivity contribution in [2.45, 2.75) is 6.92 Å². The lowest BCUT2D eigenvalue weighted by atomic mass is 9.82. The van der Waals surface area contributed by atoms with Gasteiger partial charge in [0.1, 0.15) is 17.2 Å². The van der Waals surface area contributed by atoms with E-state index in [0.717, 1.165) is 6.07 Å². The zero-order valence-electron chi connectivity index (χ0n) is 12.3. The SMILES string of the molecule is COc1cc(O)c2c(c1)C(=O)c1cc(C(C)=O)c(O)cc1C2=O. The maximum Gasteiger partial charge on any atom is 0.198 e. The largest absolute Gasteiger partial charge is 0.507 e. The zero-order chi connectivity index (χ0) is 16.9. The number of phenolic OH excluding ortho intramolecular Hbond substituents is 2. The maximum atomic E-state index is 12.6. The highest BCUT2D eigenvalue weighted by atomic mass is 16.5. The molecule has 1 aliphatic carbocycles. The van der Waals surface area contributed by atoms with Crippen LogP contribution in [0.25, 0.3) is 0 Å². The Morgan fingerprint density at radius 2 is 1.57 bits per heavy atom. The van der Waals surface area contributed by atoms with E-state index < -0.39 is 17.3 Å². The molecule has 0 radical (unpaired) electrons. The Kier molecular flexibility index (Phi) is 3.18. The van der Waals surface area contributed by atoms with Gasteiger partial charge in [-0.05, 0) is 25.1 Å². The molecule has 0 bridgehead atoms. The Morgan fingerprint density at radius 3 is 2.17 bits per heavy atom. The Hall–Kier alpha value is -3.15. The van der Waals surface area contributed by atoms with Crippen LogP contribution in [0.2, 0.25) is 0 Å². The molecule has 2 aromatic carbocycles. The molecule has 1 aliphatic rings. The number of hydrogen-bond donors (Lipinski definition) is 2. The zero-order valence-corrected chi connectivity index (χ0v) is 12.3. The number of hydrogen-bond acceptors (Lipinski definition) is 6. The van der Waals surface area contributed by atoms with Gasteiger partial charge < -0.3 is 14.9 Å². The molecular weight excluding hydrogens is 300 g/mol. The number of Topliss-reactive ketones (excluding diaryl/α,β-unsaturated/α-hetero) is 1. The standard InChI is InChI=1S/C17H12O6/c1-7(18)9-5-10-11(6-13(9)19)17(22)15-12(16(10)21)3-8(23-2)4-14(15)20/h3-6,19-20H,1-2H3. The highest BCUT2D eigenvalue weighted by Crippen LogP contribution is 2.37. The second kappa shape index (κ2) is 4.95. The summed E-state index contributed by atoms with van der Waals surface area (Å²) in [4.78, 5) is 36.7. The average Bonchev–Trinajstić information content (AvgIpc) is 2.51. The number of benzene rings is 2. The first-order valence-electron chi connectivity index (χ1n) is 6.73. The number of fused-ring (bicyclic) bond motifs is 2. The quantitative estimate of drug-likeness (QED) is 0.703. The summed E-state index contributed by atoms with van der Waals surface area (Å²) < 4.78 is 5.00. The normalized spacial score (nSPS) is 12.6. The summed E-state index contributed by atoms with van der Waals surface area (Å²) in [5.41, 5.74) is -0.220. The van der Waals surface area contributed by atoms with Gasteiger partial charge in [0.05, 0.1) is 18.2 Å². The minimum absolute atomic E-state index is 0.000424. The molecular formula is C17H12O6. The van der Waals surface area contributed by atoms with E-state index in [2.05, 4.69) is 0 Å². The molecule has 0 saturated carbocycles. The van der Waals surface area contributed by atoms with E-state index in [1.165, 1.54) is 32.2 Å². The summed E-state index contributed by atoms with van der Waals surface area (Å²) in [6.45, 7) is 1.25. The van der Waals surface area contributed by atoms with Crippen LogP contribution in [0.3, 0.4) is 0 Å². The smallest absolute Gasteiger partial charge is 0.198 e. The van der Waals surface area contributed by atoms with Crippen LogP contribution in [0.1, 0.15) is 49.1 Å². The van der Waals surface area contributed by atoms with Crippen LogP contribution in [0.4, 0.5) is 0 Å². The van der Waals surface area contributed by atoms with E-state index in [0.29, 0.717) is 0 Å². The molecule has 0 saturated heterocycles. The molecule has 0 spiro atoms. The topological polar surface area (TPSA) is 101 Å². The fraction of sp³-hybridized carbons (Fsp3) is 0.118. The predicted molar refractivity (Wildman–Crippen MR) is 79.6 cm³/mol. The number of rotatable bonds is 2. The van der Waals surface area contributed by atoms with Crippen molar-refractivity contribution in [3.8, 4) is 17.2 Å². The Balaban J connectivity index is 2.31. The minimum Gasteiger partial charge on any atom is -0.507 e. The lowest BCUT2D eigenvalue weighted by molar-refractivity contribution is 0.0974. The van der Waals surface area contributed by atoms with Crippen molar-refractivity contribution >= 4 is 17.3 Å². The summed E-state index contributed by atoms with van der Waals surface area (Å²) in [5.74, 6) is -2.07. The summed E-state index contributed by atoms with van der Waals surface area (Å²) in [6, 6.07) is 4.88. The van der Waals surface area contributed by atoms with Crippen LogP contribution in [0.5, 0.6) is 17.2 Å². The second-order valence-electron chi connectivity index (χ2n) is 5.20. The Bertz CT molecular complexity index is 894. The van der Waals surface area contributed by atoms with Gasteiger partial charge in [0.15, 0.2) is 17.3 Å². The highest BCUT2D eigenvalue weighted by Gasteiger charge is 2.34. The van der Waals surface area contributed by atoms with Crippen molar-refractivity contribution < 1.29 is 29.3 Å². The van der Waals surface area contributed by atoms with Gasteiger partial charge >= 0.3 is 0 Å². The first-order valence-corrected chi connectivity index (χ1v) is 6.73. The van der Waals surface area contributed by atoms with Crippen LogP contribution in [-0.2, 0) is 0 Å². The summed E-state index contributed by atoms with van der Waals surface area (Å²) in [6.07, 6.45) is 0. The van der Waals surface area contributed by atoms with Crippen LogP contribution in [0, 0.1) is 0 Å². The van der Waals surface area contributed by atoms with Crippen molar-refractivity contribution in [3.63, 3.8) is 0 Å². The second-order valence-corrected chi connectivity index (χ2v) is 5.20. The molecule has 3 rings (SSSR count). The molecule has 0 aromatic heterocycles. The number of carbonyl (C=O) groups excluding carboxylic acids is 3. The van der Waals surface area contributed by atoms with E-state index in [9.17, 15) is 24.6 Å². The van der Waals surface area contributed by atoms with Crippen LogP contribution in [-0.4, -0.2) is 34.7 Å². The first kappa shape index (κ1) is 14.8. The van der Waals surface area contributed by atoms with Gasteiger partial charge in [0.25, 0.3) is 0 Å². The molecule has 23 heavy (non-hydrogen) atoms. The molecule has 0 amide bonds. The third-order valence-corrected chi connectivity index (χ3v) is 3.80. The number of methoxy groups -OCH3 is 1. The minimum atomic E-state index is -0.597. The summed E-state index contributed by atoms with van der Waals surface area (Å²) >= 11 is 0. The molecule has 0 unspecified atom stereocenters. The molecule has 2 aromatic rings. The number of ketones is 3. The molecule has 2 N–H and O–H groups in total. The lowest BCUT2D eigenvalue weighted by Crippen LogP contribution is -2.21. The van der Waals surface area contributed by atoms with Gasteiger partial charge in [-0.25, -0.2) is 0 Å². The molecule has 116 valence electrons. The lowest BCUT2D eigenvalue weighted by Gasteiger charge is -2.20. The molecule has 6 heteroatoms. The average molecular weight is 312 g/mol. The van der Waals surface area contributed by atoms with Gasteiger partial charge in [0.2, 0.25) is 0 Å². The number of ether oxygens (including phenoxy) is 1. The predicted octanol–water partition coefficient (Wildman–Crippen LogP) is 2.08. The fourth-order valence-electron chi connectivity index (χ4n) is 2.66. The van der Waals surface area contributed by atoms with Crippen LogP contribution in [0.15, 0.2) is 24.3 Å². The Labute approximate surface area is 130 Å².